The Balaban J connectivity index is 2.28. The fourth-order valence-corrected chi connectivity index (χ4v) is 1.86. The Morgan fingerprint density at radius 1 is 1.27 bits per heavy atom. The van der Waals surface area contributed by atoms with Crippen molar-refractivity contribution in [1.82, 2.24) is 10.6 Å². The molecule has 0 bridgehead atoms. The molecule has 0 unspecified atom stereocenters. The first-order valence-electron chi connectivity index (χ1n) is 6.12. The van der Waals surface area contributed by atoms with Crippen molar-refractivity contribution in [2.45, 2.75) is 70.9 Å². The lowest BCUT2D eigenvalue weighted by Gasteiger charge is -2.28. The molecule has 1 fully saturated rings. The van der Waals surface area contributed by atoms with E-state index in [0.29, 0.717) is 6.04 Å². The molecule has 0 radical (unpaired) electrons. The van der Waals surface area contributed by atoms with E-state index in [4.69, 9.17) is 0 Å². The Labute approximate surface area is 93.0 Å². The summed E-state index contributed by atoms with van der Waals surface area (Å²) in [6.07, 6.45) is 7.05. The van der Waals surface area contributed by atoms with Gasteiger partial charge in [0.15, 0.2) is 0 Å². The second kappa shape index (κ2) is 5.38. The fraction of sp³-hybridized carbons (Fsp3) is 0.917. The third-order valence-corrected chi connectivity index (χ3v) is 3.28. The highest BCUT2D eigenvalue weighted by Crippen LogP contribution is 2.17. The molecule has 3 heteroatoms. The second-order valence-electron chi connectivity index (χ2n) is 5.17. The lowest BCUT2D eigenvalue weighted by Crippen LogP contribution is -2.51. The minimum Gasteiger partial charge on any atom is -0.335 e. The van der Waals surface area contributed by atoms with Crippen LogP contribution in [-0.2, 0) is 0 Å². The van der Waals surface area contributed by atoms with Gasteiger partial charge in [-0.05, 0) is 33.1 Å². The summed E-state index contributed by atoms with van der Waals surface area (Å²) in [5.74, 6) is 0. The van der Waals surface area contributed by atoms with Gasteiger partial charge in [-0.25, -0.2) is 4.79 Å². The van der Waals surface area contributed by atoms with Gasteiger partial charge in [0.25, 0.3) is 0 Å². The van der Waals surface area contributed by atoms with Crippen molar-refractivity contribution >= 4 is 6.03 Å². The third kappa shape index (κ3) is 4.54. The van der Waals surface area contributed by atoms with Crippen molar-refractivity contribution in [3.63, 3.8) is 0 Å². The van der Waals surface area contributed by atoms with Gasteiger partial charge in [0.05, 0.1) is 0 Å². The molecule has 1 aliphatic carbocycles. The van der Waals surface area contributed by atoms with E-state index in [1.165, 1.54) is 19.3 Å². The predicted octanol–water partition coefficient (Wildman–Crippen LogP) is 2.81. The highest BCUT2D eigenvalue weighted by atomic mass is 16.2. The van der Waals surface area contributed by atoms with Gasteiger partial charge in [-0.3, -0.25) is 0 Å². The number of amides is 2. The maximum atomic E-state index is 11.7. The molecule has 88 valence electrons. The largest absolute Gasteiger partial charge is 0.335 e. The quantitative estimate of drug-likeness (QED) is 0.742. The van der Waals surface area contributed by atoms with Gasteiger partial charge in [-0.1, -0.05) is 26.2 Å². The minimum absolute atomic E-state index is 0.00579. The monoisotopic (exact) mass is 212 g/mol. The first-order chi connectivity index (χ1) is 7.03. The Morgan fingerprint density at radius 3 is 2.40 bits per heavy atom. The molecule has 0 aliphatic heterocycles. The van der Waals surface area contributed by atoms with Crippen LogP contribution in [0.2, 0.25) is 0 Å². The molecule has 2 N–H and O–H groups in total. The molecular formula is C12H24N2O. The summed E-state index contributed by atoms with van der Waals surface area (Å²) in [5, 5.41) is 6.06. The van der Waals surface area contributed by atoms with Gasteiger partial charge < -0.3 is 10.6 Å². The van der Waals surface area contributed by atoms with Crippen molar-refractivity contribution in [3.8, 4) is 0 Å². The fourth-order valence-electron chi connectivity index (χ4n) is 1.86. The zero-order valence-electron chi connectivity index (χ0n) is 10.2. The molecule has 1 aliphatic rings. The Hall–Kier alpha value is -0.730. The van der Waals surface area contributed by atoms with Gasteiger partial charge >= 0.3 is 6.03 Å². The Morgan fingerprint density at radius 2 is 1.87 bits per heavy atom. The Kier molecular flexibility index (Phi) is 4.43. The van der Waals surface area contributed by atoms with Crippen LogP contribution >= 0.6 is 0 Å². The van der Waals surface area contributed by atoms with E-state index in [2.05, 4.69) is 17.6 Å². The van der Waals surface area contributed by atoms with Crippen LogP contribution in [0.3, 0.4) is 0 Å². The van der Waals surface area contributed by atoms with Gasteiger partial charge in [0.1, 0.15) is 0 Å². The number of carbonyl (C=O) groups is 1. The minimum atomic E-state index is -0.0985. The average Bonchev–Trinajstić information content (AvgIpc) is 2.18. The van der Waals surface area contributed by atoms with E-state index in [0.717, 1.165) is 19.3 Å². The number of rotatable bonds is 3. The van der Waals surface area contributed by atoms with Crippen LogP contribution in [0.4, 0.5) is 4.79 Å². The number of urea groups is 1. The van der Waals surface area contributed by atoms with E-state index in [1.807, 2.05) is 13.8 Å². The van der Waals surface area contributed by atoms with Gasteiger partial charge in [-0.15, -0.1) is 0 Å². The maximum Gasteiger partial charge on any atom is 0.315 e. The molecule has 0 saturated heterocycles. The van der Waals surface area contributed by atoms with E-state index in [1.54, 1.807) is 0 Å². The molecule has 0 aromatic heterocycles. The second-order valence-corrected chi connectivity index (χ2v) is 5.17. The average molecular weight is 212 g/mol. The van der Waals surface area contributed by atoms with Crippen LogP contribution < -0.4 is 10.6 Å². The number of hydrogen-bond acceptors (Lipinski definition) is 1. The lowest BCUT2D eigenvalue weighted by atomic mass is 9.95. The van der Waals surface area contributed by atoms with Crippen molar-refractivity contribution in [2.75, 3.05) is 0 Å². The highest BCUT2D eigenvalue weighted by molar-refractivity contribution is 5.75. The third-order valence-electron chi connectivity index (χ3n) is 3.28. The first-order valence-corrected chi connectivity index (χ1v) is 6.12. The maximum absolute atomic E-state index is 11.7. The normalized spacial score (nSPS) is 18.6. The summed E-state index contributed by atoms with van der Waals surface area (Å²) in [6, 6.07) is 0.389. The molecule has 1 saturated carbocycles. The summed E-state index contributed by atoms with van der Waals surface area (Å²) in [4.78, 5) is 11.7. The number of hydrogen-bond donors (Lipinski definition) is 2. The summed E-state index contributed by atoms with van der Waals surface area (Å²) in [6.45, 7) is 6.18. The molecule has 0 atom stereocenters. The summed E-state index contributed by atoms with van der Waals surface area (Å²) in [5.41, 5.74) is -0.0985. The van der Waals surface area contributed by atoms with Crippen molar-refractivity contribution in [2.24, 2.45) is 0 Å². The number of nitrogens with one attached hydrogen (secondary N) is 2. The van der Waals surface area contributed by atoms with E-state index >= 15 is 0 Å². The topological polar surface area (TPSA) is 41.1 Å². The van der Waals surface area contributed by atoms with Crippen LogP contribution in [0.1, 0.15) is 59.3 Å². The summed E-state index contributed by atoms with van der Waals surface area (Å²) < 4.78 is 0. The molecule has 3 nitrogen and oxygen atoms in total. The smallest absolute Gasteiger partial charge is 0.315 e. The van der Waals surface area contributed by atoms with E-state index in [9.17, 15) is 4.79 Å². The standard InChI is InChI=1S/C12H24N2O/c1-4-12(2,3)14-11(15)13-10-8-6-5-7-9-10/h10H,4-9H2,1-3H3,(H2,13,14,15). The van der Waals surface area contributed by atoms with Crippen molar-refractivity contribution < 1.29 is 4.79 Å². The van der Waals surface area contributed by atoms with Crippen LogP contribution in [-0.4, -0.2) is 17.6 Å². The van der Waals surface area contributed by atoms with Crippen LogP contribution in [0.15, 0.2) is 0 Å². The summed E-state index contributed by atoms with van der Waals surface area (Å²) in [7, 11) is 0. The molecule has 0 aromatic rings. The van der Waals surface area contributed by atoms with Crippen molar-refractivity contribution in [1.29, 1.82) is 0 Å². The Bertz CT molecular complexity index is 208. The SMILES string of the molecule is CCC(C)(C)NC(=O)NC1CCCCC1. The molecule has 0 spiro atoms. The zero-order chi connectivity index (χ0) is 11.3. The molecule has 0 heterocycles. The van der Waals surface area contributed by atoms with Crippen LogP contribution in [0, 0.1) is 0 Å². The van der Waals surface area contributed by atoms with Crippen LogP contribution in [0.5, 0.6) is 0 Å². The van der Waals surface area contributed by atoms with Crippen molar-refractivity contribution in [3.05, 3.63) is 0 Å². The van der Waals surface area contributed by atoms with Crippen LogP contribution in [0.25, 0.3) is 0 Å². The number of carbonyl (C=O) groups excluding carboxylic acids is 1. The molecule has 2 amide bonds. The zero-order valence-corrected chi connectivity index (χ0v) is 10.2. The first kappa shape index (κ1) is 12.3. The van der Waals surface area contributed by atoms with E-state index in [-0.39, 0.29) is 11.6 Å². The van der Waals surface area contributed by atoms with Gasteiger partial charge in [-0.2, -0.15) is 0 Å². The predicted molar refractivity (Wildman–Crippen MR) is 62.9 cm³/mol. The van der Waals surface area contributed by atoms with Gasteiger partial charge in [0, 0.05) is 11.6 Å². The lowest BCUT2D eigenvalue weighted by molar-refractivity contribution is 0.221. The molecule has 15 heavy (non-hydrogen) atoms. The van der Waals surface area contributed by atoms with E-state index < -0.39 is 0 Å². The summed E-state index contributed by atoms with van der Waals surface area (Å²) >= 11 is 0. The van der Waals surface area contributed by atoms with Gasteiger partial charge in [0.2, 0.25) is 0 Å². The molecule has 0 aromatic carbocycles. The molecular weight excluding hydrogens is 188 g/mol. The highest BCUT2D eigenvalue weighted by Gasteiger charge is 2.20. The molecule has 1 rings (SSSR count).